The molecule has 0 spiro atoms. The number of carbonyl (C=O) groups excluding carboxylic acids is 2. The molecule has 5 nitrogen and oxygen atoms in total. The molecule has 0 amide bonds. The van der Waals surface area contributed by atoms with Crippen LogP contribution in [0.25, 0.3) is 21.8 Å². The number of ketones is 2. The van der Waals surface area contributed by atoms with Gasteiger partial charge in [-0.15, -0.1) is 11.8 Å². The number of fused-ring (bicyclic) bond motifs is 3. The number of halogens is 1. The van der Waals surface area contributed by atoms with Gasteiger partial charge in [-0.1, -0.05) is 60.8 Å². The molecule has 4 aromatic carbocycles. The Hall–Kier alpha value is -3.87. The van der Waals surface area contributed by atoms with E-state index in [4.69, 9.17) is 16.4 Å². The molecule has 0 saturated heterocycles. The third-order valence-corrected chi connectivity index (χ3v) is 9.60. The molecule has 1 aromatic heterocycles. The van der Waals surface area contributed by atoms with Crippen molar-refractivity contribution in [3.8, 4) is 0 Å². The van der Waals surface area contributed by atoms with Crippen LogP contribution in [0.5, 0.6) is 0 Å². The zero-order valence-corrected chi connectivity index (χ0v) is 28.6. The van der Waals surface area contributed by atoms with E-state index >= 15 is 0 Å². The van der Waals surface area contributed by atoms with Crippen LogP contribution >= 0.6 is 23.4 Å². The van der Waals surface area contributed by atoms with Crippen molar-refractivity contribution in [2.24, 2.45) is 5.16 Å². The summed E-state index contributed by atoms with van der Waals surface area (Å²) in [5, 5.41) is 7.03. The first kappa shape index (κ1) is 33.5. The van der Waals surface area contributed by atoms with E-state index in [1.54, 1.807) is 11.8 Å². The van der Waals surface area contributed by atoms with Crippen molar-refractivity contribution < 1.29 is 14.4 Å². The van der Waals surface area contributed by atoms with E-state index in [-0.39, 0.29) is 17.7 Å². The Labute approximate surface area is 281 Å². The van der Waals surface area contributed by atoms with Crippen LogP contribution in [0.1, 0.15) is 84.7 Å². The van der Waals surface area contributed by atoms with Crippen LogP contribution in [0, 0.1) is 6.92 Å². The van der Waals surface area contributed by atoms with Gasteiger partial charge in [0.15, 0.2) is 5.78 Å². The van der Waals surface area contributed by atoms with E-state index in [2.05, 4.69) is 23.6 Å². The highest BCUT2D eigenvalue weighted by atomic mass is 35.5. The topological polar surface area (TPSA) is 60.7 Å². The number of benzene rings is 4. The summed E-state index contributed by atoms with van der Waals surface area (Å²) in [4.78, 5) is 34.5. The van der Waals surface area contributed by atoms with Gasteiger partial charge < -0.3 is 9.40 Å². The van der Waals surface area contributed by atoms with E-state index in [1.807, 2.05) is 98.8 Å². The summed E-state index contributed by atoms with van der Waals surface area (Å²) < 4.78 is 2.22. The molecule has 5 rings (SSSR count). The molecular formula is C39H41ClN2O3S. The number of hydrogen-bond acceptors (Lipinski definition) is 5. The van der Waals surface area contributed by atoms with Crippen LogP contribution in [0.3, 0.4) is 0 Å². The Morgan fingerprint density at radius 2 is 1.57 bits per heavy atom. The van der Waals surface area contributed by atoms with Crippen LogP contribution in [0.4, 0.5) is 0 Å². The lowest BCUT2D eigenvalue weighted by Gasteiger charge is -2.12. The molecule has 7 heteroatoms. The van der Waals surface area contributed by atoms with E-state index in [0.717, 1.165) is 64.5 Å². The SMILES string of the molecule is CCCCCC(C)ON=C(CCSc1ccc(Cl)cc1)C(=O)c1ccc2c(c1)c1cc(C(=O)c3ccccc3C)ccc1n2CC. The molecule has 0 saturated carbocycles. The molecule has 0 aliphatic rings. The highest BCUT2D eigenvalue weighted by molar-refractivity contribution is 7.99. The van der Waals surface area contributed by atoms with Gasteiger partial charge in [0.2, 0.25) is 5.78 Å². The van der Waals surface area contributed by atoms with Gasteiger partial charge in [0.25, 0.3) is 0 Å². The Morgan fingerprint density at radius 1 is 0.891 bits per heavy atom. The predicted octanol–water partition coefficient (Wildman–Crippen LogP) is 10.7. The fourth-order valence-electron chi connectivity index (χ4n) is 5.76. The molecule has 0 fully saturated rings. The highest BCUT2D eigenvalue weighted by Crippen LogP contribution is 2.32. The van der Waals surface area contributed by atoms with Crippen molar-refractivity contribution in [1.29, 1.82) is 0 Å². The molecule has 1 atom stereocenters. The third kappa shape index (κ3) is 7.73. The molecule has 0 aliphatic carbocycles. The van der Waals surface area contributed by atoms with Crippen molar-refractivity contribution in [1.82, 2.24) is 4.57 Å². The molecule has 46 heavy (non-hydrogen) atoms. The van der Waals surface area contributed by atoms with Gasteiger partial charge in [0.1, 0.15) is 11.8 Å². The zero-order chi connectivity index (χ0) is 32.6. The standard InChI is InChI=1S/C39H41ClN2O3S/c1-5-7-8-12-27(4)45-41-35(22-23-46-31-18-16-30(40)17-19-31)39(44)29-15-21-37-34(25-29)33-24-28(14-20-36(33)42(37)6-2)38(43)32-13-10-9-11-26(32)3/h9-11,13-21,24-25,27H,5-8,12,22-23H2,1-4H3. The highest BCUT2D eigenvalue weighted by Gasteiger charge is 2.20. The average Bonchev–Trinajstić information content (AvgIpc) is 3.39. The number of aromatic nitrogens is 1. The predicted molar refractivity (Wildman–Crippen MR) is 193 cm³/mol. The van der Waals surface area contributed by atoms with Gasteiger partial charge in [-0.25, -0.2) is 0 Å². The molecular weight excluding hydrogens is 612 g/mol. The summed E-state index contributed by atoms with van der Waals surface area (Å²) in [5.41, 5.74) is 5.26. The summed E-state index contributed by atoms with van der Waals surface area (Å²) in [6, 6.07) is 27.1. The van der Waals surface area contributed by atoms with Crippen molar-refractivity contribution in [2.45, 2.75) is 77.3 Å². The van der Waals surface area contributed by atoms with Gasteiger partial charge in [0.05, 0.1) is 0 Å². The molecule has 1 heterocycles. The number of carbonyl (C=O) groups is 2. The summed E-state index contributed by atoms with van der Waals surface area (Å²) >= 11 is 7.71. The maximum atomic E-state index is 14.1. The first-order valence-electron chi connectivity index (χ1n) is 16.1. The minimum atomic E-state index is -0.149. The molecule has 238 valence electrons. The lowest BCUT2D eigenvalue weighted by Crippen LogP contribution is -2.17. The fraction of sp³-hybridized carbons (Fsp3) is 0.308. The molecule has 0 aliphatic heterocycles. The number of rotatable bonds is 15. The van der Waals surface area contributed by atoms with Crippen molar-refractivity contribution >= 4 is 62.4 Å². The van der Waals surface area contributed by atoms with Crippen LogP contribution in [-0.2, 0) is 11.4 Å². The van der Waals surface area contributed by atoms with Crippen LogP contribution in [-0.4, -0.2) is 33.7 Å². The Balaban J connectivity index is 1.47. The molecule has 0 N–H and O–H groups in total. The number of aryl methyl sites for hydroxylation is 2. The van der Waals surface area contributed by atoms with Gasteiger partial charge >= 0.3 is 0 Å². The van der Waals surface area contributed by atoms with Crippen molar-refractivity contribution in [2.75, 3.05) is 5.75 Å². The second-order valence-corrected chi connectivity index (χ2v) is 13.3. The number of hydrogen-bond donors (Lipinski definition) is 0. The molecule has 5 aromatic rings. The Morgan fingerprint density at radius 3 is 2.24 bits per heavy atom. The third-order valence-electron chi connectivity index (χ3n) is 8.34. The number of oxime groups is 1. The fourth-order valence-corrected chi connectivity index (χ4v) is 6.75. The van der Waals surface area contributed by atoms with E-state index < -0.39 is 0 Å². The number of unbranched alkanes of at least 4 members (excludes halogenated alkanes) is 2. The summed E-state index contributed by atoms with van der Waals surface area (Å²) in [6.07, 6.45) is 4.62. The minimum absolute atomic E-state index is 0.0116. The first-order chi connectivity index (χ1) is 22.3. The number of Topliss-reactive ketones (excluding diaryl/α,β-unsaturated/α-hetero) is 1. The van der Waals surface area contributed by atoms with E-state index in [9.17, 15) is 9.59 Å². The molecule has 0 radical (unpaired) electrons. The quantitative estimate of drug-likeness (QED) is 0.0371. The summed E-state index contributed by atoms with van der Waals surface area (Å²) in [6.45, 7) is 9.00. The second kappa shape index (κ2) is 15.6. The zero-order valence-electron chi connectivity index (χ0n) is 27.0. The molecule has 1 unspecified atom stereocenters. The van der Waals surface area contributed by atoms with Gasteiger partial charge in [-0.2, -0.15) is 0 Å². The second-order valence-electron chi connectivity index (χ2n) is 11.7. The van der Waals surface area contributed by atoms with Crippen molar-refractivity contribution in [3.63, 3.8) is 0 Å². The van der Waals surface area contributed by atoms with E-state index in [1.165, 1.54) is 0 Å². The normalized spacial score (nSPS) is 12.5. The van der Waals surface area contributed by atoms with Gasteiger partial charge in [-0.3, -0.25) is 9.59 Å². The average molecular weight is 653 g/mol. The lowest BCUT2D eigenvalue weighted by atomic mass is 9.97. The maximum Gasteiger partial charge on any atom is 0.210 e. The summed E-state index contributed by atoms with van der Waals surface area (Å²) in [7, 11) is 0. The van der Waals surface area contributed by atoms with Gasteiger partial charge in [0, 0.05) is 67.1 Å². The Bertz CT molecular complexity index is 1880. The largest absolute Gasteiger partial charge is 0.392 e. The van der Waals surface area contributed by atoms with Crippen LogP contribution in [0.2, 0.25) is 5.02 Å². The van der Waals surface area contributed by atoms with Crippen LogP contribution in [0.15, 0.2) is 95.0 Å². The van der Waals surface area contributed by atoms with E-state index in [0.29, 0.717) is 39.6 Å². The maximum absolute atomic E-state index is 14.1. The smallest absolute Gasteiger partial charge is 0.210 e. The first-order valence-corrected chi connectivity index (χ1v) is 17.5. The van der Waals surface area contributed by atoms with Crippen LogP contribution < -0.4 is 0 Å². The lowest BCUT2D eigenvalue weighted by molar-refractivity contribution is 0.0631. The number of thioether (sulfide) groups is 1. The Kier molecular flexibility index (Phi) is 11.4. The molecule has 0 bridgehead atoms. The van der Waals surface area contributed by atoms with Crippen molar-refractivity contribution in [3.05, 3.63) is 112 Å². The van der Waals surface area contributed by atoms with Gasteiger partial charge in [-0.05, 0) is 99.8 Å². The minimum Gasteiger partial charge on any atom is -0.392 e. The summed E-state index contributed by atoms with van der Waals surface area (Å²) in [5.74, 6) is 0.507. The number of nitrogens with zero attached hydrogens (tertiary/aromatic N) is 2. The monoisotopic (exact) mass is 652 g/mol.